The number of amidine groups is 1. The number of nitrogens with two attached hydrogens (primary N) is 2. The molecule has 0 spiro atoms. The van der Waals surface area contributed by atoms with E-state index in [-0.39, 0.29) is 38.8 Å². The van der Waals surface area contributed by atoms with E-state index in [4.69, 9.17) is 20.8 Å². The number of halogens is 1. The molecule has 0 aliphatic heterocycles. The topological polar surface area (TPSA) is 165 Å². The zero-order valence-corrected chi connectivity index (χ0v) is 18.3. The lowest BCUT2D eigenvalue weighted by Gasteiger charge is -2.11. The van der Waals surface area contributed by atoms with Crippen molar-refractivity contribution in [3.05, 3.63) is 89.9 Å². The number of benzene rings is 3. The lowest BCUT2D eigenvalue weighted by atomic mass is 10.0. The van der Waals surface area contributed by atoms with Gasteiger partial charge < -0.3 is 15.6 Å². The Morgan fingerprint density at radius 3 is 2.50 bits per heavy atom. The molecule has 0 aliphatic carbocycles. The summed E-state index contributed by atoms with van der Waals surface area (Å²) in [4.78, 5) is 12.6. The van der Waals surface area contributed by atoms with Crippen LogP contribution in [0.4, 0.5) is 10.1 Å². The predicted molar refractivity (Wildman–Crippen MR) is 124 cm³/mol. The van der Waals surface area contributed by atoms with Crippen molar-refractivity contribution in [1.82, 2.24) is 5.16 Å². The molecule has 9 nitrogen and oxygen atoms in total. The zero-order chi connectivity index (χ0) is 24.5. The van der Waals surface area contributed by atoms with Gasteiger partial charge in [0.2, 0.25) is 10.0 Å². The first kappa shape index (κ1) is 22.8. The fourth-order valence-electron chi connectivity index (χ4n) is 3.39. The molecule has 11 heteroatoms. The first-order valence-corrected chi connectivity index (χ1v) is 11.3. The van der Waals surface area contributed by atoms with Crippen LogP contribution in [0.3, 0.4) is 0 Å². The molecule has 0 fully saturated rings. The highest BCUT2D eigenvalue weighted by atomic mass is 32.2. The highest BCUT2D eigenvalue weighted by Gasteiger charge is 2.20. The first-order chi connectivity index (χ1) is 16.1. The Balaban J connectivity index is 1.63. The number of nitrogens with zero attached hydrogens (tertiary/aromatic N) is 1. The third kappa shape index (κ3) is 4.56. The number of carbonyl (C=O) groups is 1. The summed E-state index contributed by atoms with van der Waals surface area (Å²) in [5, 5.41) is 19.2. The van der Waals surface area contributed by atoms with Crippen LogP contribution in [0.5, 0.6) is 0 Å². The van der Waals surface area contributed by atoms with Gasteiger partial charge in [0.1, 0.15) is 29.2 Å². The van der Waals surface area contributed by atoms with E-state index in [1.54, 1.807) is 30.3 Å². The number of sulfonamides is 1. The number of hydrogen-bond acceptors (Lipinski definition) is 6. The molecule has 34 heavy (non-hydrogen) atoms. The molecular weight excluding hydrogens is 461 g/mol. The molecule has 0 unspecified atom stereocenters. The van der Waals surface area contributed by atoms with E-state index in [0.29, 0.717) is 11.1 Å². The Morgan fingerprint density at radius 2 is 1.79 bits per heavy atom. The van der Waals surface area contributed by atoms with Gasteiger partial charge in [-0.05, 0) is 30.3 Å². The van der Waals surface area contributed by atoms with Gasteiger partial charge >= 0.3 is 0 Å². The van der Waals surface area contributed by atoms with Crippen molar-refractivity contribution in [2.45, 2.75) is 4.90 Å². The van der Waals surface area contributed by atoms with Crippen LogP contribution in [0.15, 0.2) is 82.4 Å². The van der Waals surface area contributed by atoms with E-state index in [1.165, 1.54) is 30.3 Å². The van der Waals surface area contributed by atoms with Crippen molar-refractivity contribution < 1.29 is 22.1 Å². The van der Waals surface area contributed by atoms with E-state index in [9.17, 15) is 17.6 Å². The van der Waals surface area contributed by atoms with Crippen molar-refractivity contribution in [3.63, 3.8) is 0 Å². The molecule has 1 aromatic heterocycles. The van der Waals surface area contributed by atoms with Gasteiger partial charge in [-0.1, -0.05) is 41.6 Å². The van der Waals surface area contributed by atoms with Crippen molar-refractivity contribution >= 4 is 27.5 Å². The van der Waals surface area contributed by atoms with Gasteiger partial charge in [0.25, 0.3) is 5.91 Å². The number of aromatic nitrogens is 1. The highest BCUT2D eigenvalue weighted by Crippen LogP contribution is 2.31. The molecule has 6 N–H and O–H groups in total. The molecule has 1 amide bonds. The van der Waals surface area contributed by atoms with Crippen LogP contribution in [-0.2, 0) is 10.0 Å². The summed E-state index contributed by atoms with van der Waals surface area (Å²) in [6.45, 7) is 0. The van der Waals surface area contributed by atoms with Crippen LogP contribution in [0.1, 0.15) is 15.9 Å². The van der Waals surface area contributed by atoms with Crippen molar-refractivity contribution in [2.24, 2.45) is 10.9 Å². The van der Waals surface area contributed by atoms with Crippen LogP contribution in [0, 0.1) is 11.2 Å². The Morgan fingerprint density at radius 1 is 1.03 bits per heavy atom. The fraction of sp³-hybridized carbons (Fsp3) is 0. The number of nitrogens with one attached hydrogen (secondary N) is 2. The zero-order valence-electron chi connectivity index (χ0n) is 17.4. The molecule has 0 radical (unpaired) electrons. The van der Waals surface area contributed by atoms with Gasteiger partial charge in [0.05, 0.1) is 4.90 Å². The number of rotatable bonds is 6. The molecule has 0 atom stereocenters. The number of primary sulfonamides is 1. The van der Waals surface area contributed by atoms with Gasteiger partial charge in [-0.25, -0.2) is 17.9 Å². The maximum absolute atomic E-state index is 14.9. The monoisotopic (exact) mass is 479 g/mol. The summed E-state index contributed by atoms with van der Waals surface area (Å²) in [7, 11) is -4.07. The lowest BCUT2D eigenvalue weighted by molar-refractivity contribution is 0.102. The maximum atomic E-state index is 14.9. The van der Waals surface area contributed by atoms with Gasteiger partial charge in [-0.15, -0.1) is 0 Å². The number of carbonyl (C=O) groups excluding carboxylic acids is 1. The van der Waals surface area contributed by atoms with Gasteiger partial charge in [-0.3, -0.25) is 10.2 Å². The van der Waals surface area contributed by atoms with E-state index in [2.05, 4.69) is 10.5 Å². The standard InChI is InChI=1S/C23H18FN5O4S/c24-19-11-15(8-9-16(19)17-6-1-2-7-20(17)34(27,31)32)28-23(30)18-12-33-29-21(18)13-4-3-5-14(10-13)22(25)26/h1-12H,(H3,25,26)(H,28,30)(H2,27,31,32). The number of hydrogen-bond donors (Lipinski definition) is 4. The summed E-state index contributed by atoms with van der Waals surface area (Å²) >= 11 is 0. The molecule has 0 bridgehead atoms. The quantitative estimate of drug-likeness (QED) is 0.245. The Bertz CT molecular complexity index is 1530. The number of amides is 1. The Kier molecular flexibility index (Phi) is 5.97. The molecular formula is C23H18FN5O4S. The number of anilines is 1. The third-order valence-corrected chi connectivity index (χ3v) is 5.94. The van der Waals surface area contributed by atoms with Gasteiger partial charge in [0, 0.05) is 27.9 Å². The fourth-order valence-corrected chi connectivity index (χ4v) is 4.14. The van der Waals surface area contributed by atoms with E-state index >= 15 is 0 Å². The van der Waals surface area contributed by atoms with Crippen molar-refractivity contribution in [2.75, 3.05) is 5.32 Å². The molecule has 4 rings (SSSR count). The average molecular weight is 479 g/mol. The number of nitrogen functional groups attached to an aromatic ring is 1. The smallest absolute Gasteiger partial charge is 0.261 e. The minimum absolute atomic E-state index is 0.00865. The summed E-state index contributed by atoms with van der Waals surface area (Å²) in [5.41, 5.74) is 7.03. The van der Waals surface area contributed by atoms with E-state index in [0.717, 1.165) is 12.3 Å². The molecule has 0 aliphatic rings. The third-order valence-electron chi connectivity index (χ3n) is 4.97. The SMILES string of the molecule is N=C(N)c1cccc(-c2nocc2C(=O)Nc2ccc(-c3ccccc3S(N)(=O)=O)c(F)c2)c1. The van der Waals surface area contributed by atoms with Crippen molar-refractivity contribution in [3.8, 4) is 22.4 Å². The van der Waals surface area contributed by atoms with Crippen LogP contribution >= 0.6 is 0 Å². The van der Waals surface area contributed by atoms with Crippen LogP contribution in [0.25, 0.3) is 22.4 Å². The predicted octanol–water partition coefficient (Wildman–Crippen LogP) is 3.33. The van der Waals surface area contributed by atoms with Crippen LogP contribution in [-0.4, -0.2) is 25.3 Å². The second-order valence-corrected chi connectivity index (χ2v) is 8.79. The minimum Gasteiger partial charge on any atom is -0.384 e. The second kappa shape index (κ2) is 8.89. The van der Waals surface area contributed by atoms with E-state index in [1.807, 2.05) is 0 Å². The summed E-state index contributed by atoms with van der Waals surface area (Å²) in [6.07, 6.45) is 1.15. The van der Waals surface area contributed by atoms with Crippen LogP contribution < -0.4 is 16.2 Å². The summed E-state index contributed by atoms with van der Waals surface area (Å²) in [5.74, 6) is -1.51. The van der Waals surface area contributed by atoms with E-state index < -0.39 is 21.7 Å². The van der Waals surface area contributed by atoms with Gasteiger partial charge in [-0.2, -0.15) is 0 Å². The molecule has 1 heterocycles. The molecule has 172 valence electrons. The van der Waals surface area contributed by atoms with Crippen LogP contribution in [0.2, 0.25) is 0 Å². The molecule has 4 aromatic rings. The average Bonchev–Trinajstić information content (AvgIpc) is 3.29. The van der Waals surface area contributed by atoms with Crippen molar-refractivity contribution in [1.29, 1.82) is 5.41 Å². The normalized spacial score (nSPS) is 11.2. The Hall–Kier alpha value is -4.35. The molecule has 0 saturated heterocycles. The second-order valence-electron chi connectivity index (χ2n) is 7.26. The minimum atomic E-state index is -4.07. The Labute approximate surface area is 193 Å². The maximum Gasteiger partial charge on any atom is 0.261 e. The molecule has 3 aromatic carbocycles. The highest BCUT2D eigenvalue weighted by molar-refractivity contribution is 7.89. The van der Waals surface area contributed by atoms with Gasteiger partial charge in [0.15, 0.2) is 0 Å². The molecule has 0 saturated carbocycles. The summed E-state index contributed by atoms with van der Waals surface area (Å²) < 4.78 is 43.6. The largest absolute Gasteiger partial charge is 0.384 e. The summed E-state index contributed by atoms with van der Waals surface area (Å²) in [6, 6.07) is 16.2. The lowest BCUT2D eigenvalue weighted by Crippen LogP contribution is -2.14. The first-order valence-electron chi connectivity index (χ1n) is 9.77.